The number of esters is 3. The molecule has 0 radical (unpaired) electrons. The number of ether oxygens (including phenoxy) is 4. The highest BCUT2D eigenvalue weighted by Gasteiger charge is 2.80. The van der Waals surface area contributed by atoms with E-state index in [1.807, 2.05) is 20.8 Å². The van der Waals surface area contributed by atoms with E-state index in [0.29, 0.717) is 29.6 Å². The Morgan fingerprint density at radius 3 is 2.60 bits per heavy atom. The first kappa shape index (κ1) is 29.1. The maximum Gasteiger partial charge on any atom is 0.333 e. The lowest BCUT2D eigenvalue weighted by atomic mass is 9.36. The lowest BCUT2D eigenvalue weighted by molar-refractivity contribution is -0.429. The molecule has 10 heteroatoms. The summed E-state index contributed by atoms with van der Waals surface area (Å²) >= 11 is 0. The molecule has 2 N–H and O–H groups in total. The van der Waals surface area contributed by atoms with Crippen LogP contribution in [0.25, 0.3) is 0 Å². The van der Waals surface area contributed by atoms with Gasteiger partial charge in [0.2, 0.25) is 0 Å². The van der Waals surface area contributed by atoms with E-state index < -0.39 is 75.5 Å². The Labute approximate surface area is 245 Å². The van der Waals surface area contributed by atoms with Crippen LogP contribution in [-0.4, -0.2) is 59.3 Å². The third-order valence-electron chi connectivity index (χ3n) is 11.8. The third kappa shape index (κ3) is 3.46. The molecule has 2 saturated carbocycles. The summed E-state index contributed by atoms with van der Waals surface area (Å²) in [6, 6.07) is 1.73. The highest BCUT2D eigenvalue weighted by Crippen LogP contribution is 2.75. The number of aliphatic hydroxyl groups is 2. The van der Waals surface area contributed by atoms with Gasteiger partial charge < -0.3 is 33.6 Å². The lowest BCUT2D eigenvalue weighted by Crippen LogP contribution is -2.80. The Morgan fingerprint density at radius 2 is 1.95 bits per heavy atom. The van der Waals surface area contributed by atoms with E-state index in [9.17, 15) is 24.6 Å². The summed E-state index contributed by atoms with van der Waals surface area (Å²) in [6.45, 7) is 9.21. The summed E-state index contributed by atoms with van der Waals surface area (Å²) in [4.78, 5) is 39.2. The molecule has 6 aliphatic rings. The first-order valence-electron chi connectivity index (χ1n) is 14.6. The average molecular weight is 585 g/mol. The fourth-order valence-corrected chi connectivity index (χ4v) is 9.25. The molecule has 4 heterocycles. The molecule has 1 aromatic rings. The van der Waals surface area contributed by atoms with Crippen molar-refractivity contribution in [3.63, 3.8) is 0 Å². The number of allylic oxidation sites excluding steroid dienone is 1. The van der Waals surface area contributed by atoms with E-state index in [4.69, 9.17) is 23.4 Å². The summed E-state index contributed by atoms with van der Waals surface area (Å²) in [7, 11) is 1.32. The molecule has 0 aromatic carbocycles. The van der Waals surface area contributed by atoms with Gasteiger partial charge in [0.1, 0.15) is 17.8 Å². The molecule has 4 bridgehead atoms. The van der Waals surface area contributed by atoms with Crippen LogP contribution in [-0.2, 0) is 33.3 Å². The minimum absolute atomic E-state index is 0.0439. The van der Waals surface area contributed by atoms with E-state index in [1.165, 1.54) is 19.6 Å². The topological polar surface area (TPSA) is 142 Å². The number of rotatable bonds is 5. The van der Waals surface area contributed by atoms with Crippen molar-refractivity contribution >= 4 is 17.9 Å². The summed E-state index contributed by atoms with van der Waals surface area (Å²) in [5, 5.41) is 25.3. The van der Waals surface area contributed by atoms with Crippen LogP contribution in [0.4, 0.5) is 0 Å². The fourth-order valence-electron chi connectivity index (χ4n) is 9.25. The van der Waals surface area contributed by atoms with Gasteiger partial charge in [0.25, 0.3) is 0 Å². The van der Waals surface area contributed by atoms with Gasteiger partial charge in [-0.2, -0.15) is 0 Å². The van der Waals surface area contributed by atoms with Crippen molar-refractivity contribution in [3.8, 4) is 0 Å². The Balaban J connectivity index is 1.56. The standard InChI is InChI=1S/C32H40O10/c1-7-17(2)27(35)42-26-21-12-20-19(30(5)22(13-23(33)38-6)28(26,3)16-40-32(21,30)37)8-10-29(4)25(18-9-11-39-15-18)41-24(34)14-31(20,29)36/h7,9,11-12,15,19,21-22,25-26,36-37H,8,10,13-14,16H2,1-6H3/b17-7+/t19-,21?,22-,25-,26+,28+,29-,30+,31+,32+/m0/s1. The molecule has 3 saturated heterocycles. The SMILES string of the molecule is C/C=C(\C)C(=O)O[C@@H]1C2C=C3[C@H](CC[C@@]4(C)[C@H](c5ccoc5)OC(=O)C[C@@]34O)[C@]3(C)[C@@H](CC(=O)OC)[C@@]1(C)CO[C@]23O. The molecule has 0 spiro atoms. The first-order valence-corrected chi connectivity index (χ1v) is 14.6. The van der Waals surface area contributed by atoms with Gasteiger partial charge in [-0.15, -0.1) is 0 Å². The molecular weight excluding hydrogens is 544 g/mol. The number of hydrogen-bond acceptors (Lipinski definition) is 10. The average Bonchev–Trinajstić information content (AvgIpc) is 3.48. The highest BCUT2D eigenvalue weighted by atomic mass is 16.6. The van der Waals surface area contributed by atoms with Gasteiger partial charge in [0.15, 0.2) is 5.79 Å². The highest BCUT2D eigenvalue weighted by molar-refractivity contribution is 5.88. The first-order chi connectivity index (χ1) is 19.7. The van der Waals surface area contributed by atoms with Crippen LogP contribution < -0.4 is 0 Å². The van der Waals surface area contributed by atoms with E-state index in [0.717, 1.165) is 0 Å². The maximum atomic E-state index is 13.2. The Kier molecular flexibility index (Phi) is 6.43. The number of furan rings is 1. The molecule has 10 atom stereocenters. The Bertz CT molecular complexity index is 1380. The van der Waals surface area contributed by atoms with E-state index in [1.54, 1.807) is 32.1 Å². The molecule has 0 amide bonds. The molecule has 3 aliphatic carbocycles. The number of hydrogen-bond donors (Lipinski definition) is 2. The van der Waals surface area contributed by atoms with Gasteiger partial charge in [-0.1, -0.05) is 32.9 Å². The molecule has 3 aliphatic heterocycles. The zero-order chi connectivity index (χ0) is 30.5. The van der Waals surface area contributed by atoms with Gasteiger partial charge >= 0.3 is 17.9 Å². The zero-order valence-corrected chi connectivity index (χ0v) is 25.0. The largest absolute Gasteiger partial charge is 0.472 e. The summed E-state index contributed by atoms with van der Waals surface area (Å²) in [6.07, 6.45) is 5.51. The molecule has 228 valence electrons. The minimum atomic E-state index is -1.81. The van der Waals surface area contributed by atoms with E-state index >= 15 is 0 Å². The van der Waals surface area contributed by atoms with Crippen molar-refractivity contribution in [2.75, 3.05) is 13.7 Å². The van der Waals surface area contributed by atoms with Gasteiger partial charge in [-0.05, 0) is 50.2 Å². The quantitative estimate of drug-likeness (QED) is 0.227. The van der Waals surface area contributed by atoms with E-state index in [-0.39, 0.29) is 19.4 Å². The normalized spacial score (nSPS) is 45.7. The number of methoxy groups -OCH3 is 1. The van der Waals surface area contributed by atoms with Crippen molar-refractivity contribution in [1.29, 1.82) is 0 Å². The second-order valence-electron chi connectivity index (χ2n) is 13.5. The minimum Gasteiger partial charge on any atom is -0.472 e. The molecule has 1 unspecified atom stereocenters. The van der Waals surface area contributed by atoms with Gasteiger partial charge in [0, 0.05) is 33.8 Å². The number of fused-ring (bicyclic) bond motifs is 4. The second-order valence-corrected chi connectivity index (χ2v) is 13.5. The van der Waals surface area contributed by atoms with Crippen molar-refractivity contribution < 1.29 is 48.0 Å². The van der Waals surface area contributed by atoms with Crippen LogP contribution >= 0.6 is 0 Å². The molecule has 1 aromatic heterocycles. The number of carbonyl (C=O) groups excluding carboxylic acids is 3. The van der Waals surface area contributed by atoms with Crippen LogP contribution in [0.2, 0.25) is 0 Å². The van der Waals surface area contributed by atoms with Crippen LogP contribution in [0.15, 0.2) is 46.3 Å². The van der Waals surface area contributed by atoms with Crippen molar-refractivity contribution in [1.82, 2.24) is 0 Å². The molecule has 10 nitrogen and oxygen atoms in total. The predicted molar refractivity (Wildman–Crippen MR) is 146 cm³/mol. The van der Waals surface area contributed by atoms with Crippen molar-refractivity contribution in [2.45, 2.75) is 83.9 Å². The van der Waals surface area contributed by atoms with Gasteiger partial charge in [-0.3, -0.25) is 9.59 Å². The number of cyclic esters (lactones) is 1. The van der Waals surface area contributed by atoms with Crippen LogP contribution in [0.5, 0.6) is 0 Å². The van der Waals surface area contributed by atoms with Gasteiger partial charge in [0.05, 0.1) is 38.6 Å². The lowest BCUT2D eigenvalue weighted by Gasteiger charge is -2.74. The van der Waals surface area contributed by atoms with Gasteiger partial charge in [-0.25, -0.2) is 4.79 Å². The predicted octanol–water partition coefficient (Wildman–Crippen LogP) is 3.77. The summed E-state index contributed by atoms with van der Waals surface area (Å²) in [5.41, 5.74) is -2.88. The smallest absolute Gasteiger partial charge is 0.333 e. The molecule has 7 rings (SSSR count). The van der Waals surface area contributed by atoms with Crippen LogP contribution in [0.3, 0.4) is 0 Å². The fraction of sp³-hybridized carbons (Fsp3) is 0.656. The van der Waals surface area contributed by atoms with Crippen molar-refractivity contribution in [2.24, 2.45) is 34.0 Å². The molecule has 42 heavy (non-hydrogen) atoms. The second kappa shape index (κ2) is 9.27. The third-order valence-corrected chi connectivity index (χ3v) is 11.8. The molecular formula is C32H40O10. The summed E-state index contributed by atoms with van der Waals surface area (Å²) < 4.78 is 28.7. The monoisotopic (exact) mass is 584 g/mol. The van der Waals surface area contributed by atoms with Crippen LogP contribution in [0, 0.1) is 34.0 Å². The Hall–Kier alpha value is -2.95. The number of carbonyl (C=O) groups is 3. The van der Waals surface area contributed by atoms with E-state index in [2.05, 4.69) is 0 Å². The van der Waals surface area contributed by atoms with Crippen molar-refractivity contribution in [3.05, 3.63) is 47.5 Å². The summed E-state index contributed by atoms with van der Waals surface area (Å²) in [5.74, 6) is -5.21. The Morgan fingerprint density at radius 1 is 1.21 bits per heavy atom. The maximum absolute atomic E-state index is 13.2. The molecule has 5 fully saturated rings. The van der Waals surface area contributed by atoms with Crippen LogP contribution in [0.1, 0.15) is 72.0 Å². The zero-order valence-electron chi connectivity index (χ0n) is 25.0.